The van der Waals surface area contributed by atoms with Gasteiger partial charge in [0.25, 0.3) is 0 Å². The molecule has 0 saturated heterocycles. The second-order valence-corrected chi connectivity index (χ2v) is 2.31. The molecule has 0 spiro atoms. The molecule has 11 heavy (non-hydrogen) atoms. The van der Waals surface area contributed by atoms with Crippen molar-refractivity contribution in [1.29, 1.82) is 0 Å². The number of likely N-dealkylation sites (N-methyl/N-ethyl adjacent to an activating group) is 1. The van der Waals surface area contributed by atoms with Crippen molar-refractivity contribution in [3.8, 4) is 0 Å². The number of allylic oxidation sites excluding steroid dienone is 1. The molecule has 0 aliphatic carbocycles. The Morgan fingerprint density at radius 3 is 2.91 bits per heavy atom. The third kappa shape index (κ3) is 1.40. The van der Waals surface area contributed by atoms with Crippen LogP contribution in [0.1, 0.15) is 6.92 Å². The van der Waals surface area contributed by atoms with Gasteiger partial charge < -0.3 is 4.90 Å². The fourth-order valence-corrected chi connectivity index (χ4v) is 1.02. The molecule has 1 aliphatic heterocycles. The maximum Gasteiger partial charge on any atom is 0.139 e. The van der Waals surface area contributed by atoms with Crippen LogP contribution in [-0.4, -0.2) is 17.8 Å². The van der Waals surface area contributed by atoms with Crippen molar-refractivity contribution < 1.29 is 0 Å². The molecule has 1 rings (SSSR count). The van der Waals surface area contributed by atoms with E-state index in [0.29, 0.717) is 0 Å². The summed E-state index contributed by atoms with van der Waals surface area (Å²) in [6, 6.07) is 0. The maximum atomic E-state index is 4.13. The Morgan fingerprint density at radius 2 is 2.36 bits per heavy atom. The second kappa shape index (κ2) is 3.19. The maximum absolute atomic E-state index is 4.13. The number of hydrogen-bond acceptors (Lipinski definition) is 1. The molecular weight excluding hydrogens is 136 g/mol. The average Bonchev–Trinajstić information content (AvgIpc) is 2.34. The van der Waals surface area contributed by atoms with Crippen molar-refractivity contribution >= 4 is 5.84 Å². The fraction of sp³-hybridized carbons (Fsp3) is 0.222. The summed E-state index contributed by atoms with van der Waals surface area (Å²) in [5, 5.41) is 0. The first-order valence-corrected chi connectivity index (χ1v) is 3.56. The molecule has 2 heteroatoms. The van der Waals surface area contributed by atoms with Crippen molar-refractivity contribution in [2.45, 2.75) is 6.92 Å². The lowest BCUT2D eigenvalue weighted by Crippen LogP contribution is -2.16. The SMILES string of the molecule is C=CN=C1/C(=C\C)C=CN1C. The minimum absolute atomic E-state index is 0.961. The van der Waals surface area contributed by atoms with Crippen molar-refractivity contribution in [3.05, 3.63) is 36.7 Å². The molecular formula is C9H12N2. The fourth-order valence-electron chi connectivity index (χ4n) is 1.02. The minimum Gasteiger partial charge on any atom is -0.336 e. The molecule has 0 unspecified atom stereocenters. The zero-order valence-corrected chi connectivity index (χ0v) is 6.91. The van der Waals surface area contributed by atoms with E-state index in [4.69, 9.17) is 0 Å². The lowest BCUT2D eigenvalue weighted by atomic mass is 10.2. The highest BCUT2D eigenvalue weighted by molar-refractivity contribution is 6.03. The standard InChI is InChI=1S/C9H12N2/c1-4-8-6-7-11(3)9(8)10-5-2/h4-7H,2H2,1,3H3/b8-4-,10-9?. The molecule has 1 aliphatic rings. The summed E-state index contributed by atoms with van der Waals surface area (Å²) in [5.41, 5.74) is 1.15. The van der Waals surface area contributed by atoms with Crippen molar-refractivity contribution in [2.75, 3.05) is 7.05 Å². The summed E-state index contributed by atoms with van der Waals surface area (Å²) >= 11 is 0. The summed E-state index contributed by atoms with van der Waals surface area (Å²) in [6.45, 7) is 5.56. The van der Waals surface area contributed by atoms with Crippen LogP contribution < -0.4 is 0 Å². The van der Waals surface area contributed by atoms with Gasteiger partial charge in [-0.1, -0.05) is 12.7 Å². The smallest absolute Gasteiger partial charge is 0.139 e. The molecule has 58 valence electrons. The van der Waals surface area contributed by atoms with E-state index in [1.54, 1.807) is 6.20 Å². The molecule has 1 heterocycles. The molecule has 0 N–H and O–H groups in total. The lowest BCUT2D eigenvalue weighted by Gasteiger charge is -2.08. The van der Waals surface area contributed by atoms with Crippen LogP contribution in [0.2, 0.25) is 0 Å². The van der Waals surface area contributed by atoms with E-state index in [-0.39, 0.29) is 0 Å². The Morgan fingerprint density at radius 1 is 1.64 bits per heavy atom. The third-order valence-electron chi connectivity index (χ3n) is 1.59. The van der Waals surface area contributed by atoms with Crippen LogP contribution in [0.3, 0.4) is 0 Å². The molecule has 0 bridgehead atoms. The zero-order chi connectivity index (χ0) is 8.27. The third-order valence-corrected chi connectivity index (χ3v) is 1.59. The molecule has 0 atom stereocenters. The van der Waals surface area contributed by atoms with Crippen molar-refractivity contribution in [1.82, 2.24) is 4.90 Å². The zero-order valence-electron chi connectivity index (χ0n) is 6.91. The average molecular weight is 148 g/mol. The normalized spacial score (nSPS) is 23.6. The van der Waals surface area contributed by atoms with E-state index >= 15 is 0 Å². The predicted octanol–water partition coefficient (Wildman–Crippen LogP) is 1.93. The number of hydrogen-bond donors (Lipinski definition) is 0. The first kappa shape index (κ1) is 7.79. The topological polar surface area (TPSA) is 15.6 Å². The number of nitrogens with zero attached hydrogens (tertiary/aromatic N) is 2. The number of rotatable bonds is 1. The largest absolute Gasteiger partial charge is 0.336 e. The van der Waals surface area contributed by atoms with Gasteiger partial charge in [0, 0.05) is 25.0 Å². The van der Waals surface area contributed by atoms with Gasteiger partial charge in [0.05, 0.1) is 0 Å². The quantitative estimate of drug-likeness (QED) is 0.554. The van der Waals surface area contributed by atoms with Crippen molar-refractivity contribution in [3.63, 3.8) is 0 Å². The van der Waals surface area contributed by atoms with Gasteiger partial charge >= 0.3 is 0 Å². The van der Waals surface area contributed by atoms with Crippen LogP contribution >= 0.6 is 0 Å². The molecule has 0 aromatic carbocycles. The Balaban J connectivity index is 2.95. The van der Waals surface area contributed by atoms with Gasteiger partial charge in [0.2, 0.25) is 0 Å². The van der Waals surface area contributed by atoms with Gasteiger partial charge in [-0.05, 0) is 13.0 Å². The van der Waals surface area contributed by atoms with E-state index < -0.39 is 0 Å². The Kier molecular flexibility index (Phi) is 2.26. The molecule has 0 aromatic heterocycles. The molecule has 0 aromatic rings. The molecule has 2 nitrogen and oxygen atoms in total. The highest BCUT2D eigenvalue weighted by atomic mass is 15.2. The summed E-state index contributed by atoms with van der Waals surface area (Å²) in [6.07, 6.45) is 7.60. The van der Waals surface area contributed by atoms with Crippen LogP contribution in [0.5, 0.6) is 0 Å². The van der Waals surface area contributed by atoms with E-state index in [2.05, 4.69) is 11.6 Å². The van der Waals surface area contributed by atoms with Gasteiger partial charge in [0.15, 0.2) is 0 Å². The summed E-state index contributed by atoms with van der Waals surface area (Å²) in [5.74, 6) is 0.961. The van der Waals surface area contributed by atoms with Crippen LogP contribution in [0.4, 0.5) is 0 Å². The summed E-state index contributed by atoms with van der Waals surface area (Å²) < 4.78 is 0. The predicted molar refractivity (Wildman–Crippen MR) is 48.3 cm³/mol. The van der Waals surface area contributed by atoms with E-state index in [1.165, 1.54) is 0 Å². The highest BCUT2D eigenvalue weighted by Crippen LogP contribution is 2.12. The minimum atomic E-state index is 0.961. The first-order chi connectivity index (χ1) is 5.29. The van der Waals surface area contributed by atoms with Crippen LogP contribution in [0, 0.1) is 0 Å². The Labute approximate surface area is 67.2 Å². The molecule has 0 saturated carbocycles. The van der Waals surface area contributed by atoms with Gasteiger partial charge in [-0.3, -0.25) is 0 Å². The van der Waals surface area contributed by atoms with E-state index in [1.807, 2.05) is 37.2 Å². The summed E-state index contributed by atoms with van der Waals surface area (Å²) in [7, 11) is 1.97. The van der Waals surface area contributed by atoms with Gasteiger partial charge in [-0.2, -0.15) is 0 Å². The Bertz CT molecular complexity index is 246. The summed E-state index contributed by atoms with van der Waals surface area (Å²) in [4.78, 5) is 6.10. The highest BCUT2D eigenvalue weighted by Gasteiger charge is 2.12. The molecule has 0 amide bonds. The van der Waals surface area contributed by atoms with Crippen LogP contribution in [0.15, 0.2) is 41.7 Å². The monoisotopic (exact) mass is 148 g/mol. The van der Waals surface area contributed by atoms with E-state index in [9.17, 15) is 0 Å². The lowest BCUT2D eigenvalue weighted by molar-refractivity contribution is 0.704. The number of amidine groups is 1. The van der Waals surface area contributed by atoms with Gasteiger partial charge in [-0.15, -0.1) is 0 Å². The van der Waals surface area contributed by atoms with Crippen LogP contribution in [-0.2, 0) is 0 Å². The van der Waals surface area contributed by atoms with Crippen molar-refractivity contribution in [2.24, 2.45) is 4.99 Å². The first-order valence-electron chi connectivity index (χ1n) is 3.56. The second-order valence-electron chi connectivity index (χ2n) is 2.31. The number of aliphatic imine (C=N–C) groups is 1. The molecule has 0 fully saturated rings. The molecule has 0 radical (unpaired) electrons. The van der Waals surface area contributed by atoms with Gasteiger partial charge in [0.1, 0.15) is 5.84 Å². The van der Waals surface area contributed by atoms with Gasteiger partial charge in [-0.25, -0.2) is 4.99 Å². The van der Waals surface area contributed by atoms with E-state index in [0.717, 1.165) is 11.4 Å². The van der Waals surface area contributed by atoms with Crippen LogP contribution in [0.25, 0.3) is 0 Å². The Hall–Kier alpha value is -1.31.